The number of benzene rings is 1. The predicted octanol–water partition coefficient (Wildman–Crippen LogP) is 3.19. The molecule has 0 saturated carbocycles. The van der Waals surface area contributed by atoms with Crippen LogP contribution in [0.3, 0.4) is 0 Å². The van der Waals surface area contributed by atoms with E-state index in [9.17, 15) is 0 Å². The Morgan fingerprint density at radius 2 is 2.06 bits per heavy atom. The van der Waals surface area contributed by atoms with Crippen molar-refractivity contribution in [3.8, 4) is 11.4 Å². The number of imidazole rings is 1. The van der Waals surface area contributed by atoms with Crippen LogP contribution in [0.2, 0.25) is 0 Å². The highest BCUT2D eigenvalue weighted by atomic mass is 127. The lowest BCUT2D eigenvalue weighted by Crippen LogP contribution is -2.06. The maximum Gasteiger partial charge on any atom is 0.139 e. The van der Waals surface area contributed by atoms with Gasteiger partial charge in [0.25, 0.3) is 0 Å². The van der Waals surface area contributed by atoms with Gasteiger partial charge < -0.3 is 9.30 Å². The zero-order chi connectivity index (χ0) is 12.1. The number of hydrogen-bond donors (Lipinski definition) is 0. The SMILES string of the molecule is CCOCCn1ccnc1-c1ccc(I)cc1. The Balaban J connectivity index is 2.15. The van der Waals surface area contributed by atoms with Crippen LogP contribution in [0.1, 0.15) is 6.92 Å². The maximum absolute atomic E-state index is 5.37. The predicted molar refractivity (Wildman–Crippen MR) is 76.9 cm³/mol. The molecule has 0 aliphatic heterocycles. The molecule has 0 amide bonds. The minimum absolute atomic E-state index is 0.726. The van der Waals surface area contributed by atoms with Crippen LogP contribution in [-0.4, -0.2) is 22.8 Å². The summed E-state index contributed by atoms with van der Waals surface area (Å²) >= 11 is 2.30. The lowest BCUT2D eigenvalue weighted by Gasteiger charge is -2.07. The largest absolute Gasteiger partial charge is 0.380 e. The van der Waals surface area contributed by atoms with Gasteiger partial charge in [0, 0.05) is 34.7 Å². The molecular weight excluding hydrogens is 327 g/mol. The van der Waals surface area contributed by atoms with Gasteiger partial charge in [-0.1, -0.05) is 12.1 Å². The Morgan fingerprint density at radius 1 is 1.29 bits per heavy atom. The van der Waals surface area contributed by atoms with E-state index in [0.29, 0.717) is 0 Å². The Kier molecular flexibility index (Phi) is 4.56. The van der Waals surface area contributed by atoms with Crippen molar-refractivity contribution in [2.45, 2.75) is 13.5 Å². The number of halogens is 1. The molecule has 2 rings (SSSR count). The summed E-state index contributed by atoms with van der Waals surface area (Å²) in [5.74, 6) is 1.00. The van der Waals surface area contributed by atoms with Crippen molar-refractivity contribution in [2.24, 2.45) is 0 Å². The third kappa shape index (κ3) is 3.29. The van der Waals surface area contributed by atoms with Crippen LogP contribution >= 0.6 is 22.6 Å². The normalized spacial score (nSPS) is 10.7. The Labute approximate surface area is 115 Å². The molecule has 0 radical (unpaired) electrons. The van der Waals surface area contributed by atoms with Gasteiger partial charge in [-0.25, -0.2) is 4.98 Å². The van der Waals surface area contributed by atoms with Gasteiger partial charge in [-0.3, -0.25) is 0 Å². The summed E-state index contributed by atoms with van der Waals surface area (Å²) < 4.78 is 8.72. The van der Waals surface area contributed by atoms with Crippen molar-refractivity contribution in [3.05, 3.63) is 40.2 Å². The number of hydrogen-bond acceptors (Lipinski definition) is 2. The molecule has 1 aromatic heterocycles. The van der Waals surface area contributed by atoms with E-state index in [2.05, 4.69) is 56.4 Å². The summed E-state index contributed by atoms with van der Waals surface area (Å²) in [5.41, 5.74) is 1.15. The molecule has 0 atom stereocenters. The number of aromatic nitrogens is 2. The van der Waals surface area contributed by atoms with Crippen molar-refractivity contribution in [3.63, 3.8) is 0 Å². The second-order valence-corrected chi connectivity index (χ2v) is 4.89. The topological polar surface area (TPSA) is 27.1 Å². The molecule has 0 bridgehead atoms. The monoisotopic (exact) mass is 342 g/mol. The van der Waals surface area contributed by atoms with Crippen LogP contribution in [0.5, 0.6) is 0 Å². The van der Waals surface area contributed by atoms with E-state index in [4.69, 9.17) is 4.74 Å². The Hall–Kier alpha value is -0.880. The molecule has 0 fully saturated rings. The third-order valence-electron chi connectivity index (χ3n) is 2.50. The van der Waals surface area contributed by atoms with E-state index in [1.807, 2.05) is 19.3 Å². The number of rotatable bonds is 5. The molecule has 2 aromatic rings. The smallest absolute Gasteiger partial charge is 0.139 e. The third-order valence-corrected chi connectivity index (χ3v) is 3.22. The molecule has 3 nitrogen and oxygen atoms in total. The van der Waals surface area contributed by atoms with Crippen LogP contribution < -0.4 is 0 Å². The summed E-state index contributed by atoms with van der Waals surface area (Å²) in [6.45, 7) is 4.33. The molecule has 0 aliphatic rings. The average molecular weight is 342 g/mol. The first-order chi connectivity index (χ1) is 8.31. The molecule has 0 unspecified atom stereocenters. The van der Waals surface area contributed by atoms with Gasteiger partial charge >= 0.3 is 0 Å². The van der Waals surface area contributed by atoms with Gasteiger partial charge in [0.1, 0.15) is 5.82 Å². The summed E-state index contributed by atoms with van der Waals surface area (Å²) in [6, 6.07) is 8.39. The Morgan fingerprint density at radius 3 is 2.76 bits per heavy atom. The minimum atomic E-state index is 0.726. The molecule has 0 spiro atoms. The van der Waals surface area contributed by atoms with Crippen LogP contribution in [0.25, 0.3) is 11.4 Å². The van der Waals surface area contributed by atoms with Crippen LogP contribution in [0.4, 0.5) is 0 Å². The van der Waals surface area contributed by atoms with E-state index in [-0.39, 0.29) is 0 Å². The summed E-state index contributed by atoms with van der Waals surface area (Å²) in [5, 5.41) is 0. The quantitative estimate of drug-likeness (QED) is 0.616. The highest BCUT2D eigenvalue weighted by Gasteiger charge is 2.05. The molecule has 1 heterocycles. The average Bonchev–Trinajstić information content (AvgIpc) is 2.79. The highest BCUT2D eigenvalue weighted by molar-refractivity contribution is 14.1. The minimum Gasteiger partial charge on any atom is -0.380 e. The van der Waals surface area contributed by atoms with Crippen LogP contribution in [0.15, 0.2) is 36.7 Å². The van der Waals surface area contributed by atoms with Gasteiger partial charge in [-0.15, -0.1) is 0 Å². The summed E-state index contributed by atoms with van der Waals surface area (Å²) in [6.07, 6.45) is 3.82. The van der Waals surface area contributed by atoms with Gasteiger partial charge in [0.2, 0.25) is 0 Å². The van der Waals surface area contributed by atoms with E-state index in [1.165, 1.54) is 3.57 Å². The molecule has 4 heteroatoms. The second-order valence-electron chi connectivity index (χ2n) is 3.65. The molecule has 0 saturated heterocycles. The van der Waals surface area contributed by atoms with E-state index in [1.54, 1.807) is 0 Å². The van der Waals surface area contributed by atoms with Crippen molar-refractivity contribution in [1.82, 2.24) is 9.55 Å². The second kappa shape index (κ2) is 6.16. The van der Waals surface area contributed by atoms with Crippen LogP contribution in [0, 0.1) is 3.57 Å². The lowest BCUT2D eigenvalue weighted by atomic mass is 10.2. The molecule has 17 heavy (non-hydrogen) atoms. The van der Waals surface area contributed by atoms with Gasteiger partial charge in [-0.05, 0) is 41.6 Å². The molecular formula is C13H15IN2O. The zero-order valence-corrected chi connectivity index (χ0v) is 11.9. The fraction of sp³-hybridized carbons (Fsp3) is 0.308. The first-order valence-electron chi connectivity index (χ1n) is 5.66. The van der Waals surface area contributed by atoms with Gasteiger partial charge in [-0.2, -0.15) is 0 Å². The summed E-state index contributed by atoms with van der Waals surface area (Å²) in [7, 11) is 0. The van der Waals surface area contributed by atoms with E-state index < -0.39 is 0 Å². The number of nitrogens with zero attached hydrogens (tertiary/aromatic N) is 2. The Bertz CT molecular complexity index is 465. The van der Waals surface area contributed by atoms with E-state index in [0.717, 1.165) is 31.1 Å². The molecule has 0 aliphatic carbocycles. The molecule has 1 aromatic carbocycles. The number of ether oxygens (including phenoxy) is 1. The molecule has 0 N–H and O–H groups in total. The first kappa shape index (κ1) is 12.6. The van der Waals surface area contributed by atoms with Crippen molar-refractivity contribution in [1.29, 1.82) is 0 Å². The van der Waals surface area contributed by atoms with Crippen molar-refractivity contribution in [2.75, 3.05) is 13.2 Å². The maximum atomic E-state index is 5.37. The van der Waals surface area contributed by atoms with Crippen molar-refractivity contribution < 1.29 is 4.74 Å². The van der Waals surface area contributed by atoms with Gasteiger partial charge in [0.05, 0.1) is 6.61 Å². The first-order valence-corrected chi connectivity index (χ1v) is 6.74. The zero-order valence-electron chi connectivity index (χ0n) is 9.77. The van der Waals surface area contributed by atoms with Crippen molar-refractivity contribution >= 4 is 22.6 Å². The summed E-state index contributed by atoms with van der Waals surface area (Å²) in [4.78, 5) is 4.40. The van der Waals surface area contributed by atoms with E-state index >= 15 is 0 Å². The standard InChI is InChI=1S/C13H15IN2O/c1-2-17-10-9-16-8-7-15-13(16)11-3-5-12(14)6-4-11/h3-8H,2,9-10H2,1H3. The fourth-order valence-electron chi connectivity index (χ4n) is 1.66. The lowest BCUT2D eigenvalue weighted by molar-refractivity contribution is 0.139. The van der Waals surface area contributed by atoms with Gasteiger partial charge in [0.15, 0.2) is 0 Å². The molecule has 90 valence electrons. The highest BCUT2D eigenvalue weighted by Crippen LogP contribution is 2.18. The van der Waals surface area contributed by atoms with Crippen LogP contribution in [-0.2, 0) is 11.3 Å². The fourth-order valence-corrected chi connectivity index (χ4v) is 2.02.